The quantitative estimate of drug-likeness (QED) is 0.927. The molecule has 22 heavy (non-hydrogen) atoms. The van der Waals surface area contributed by atoms with Gasteiger partial charge in [0.05, 0.1) is 29.2 Å². The lowest BCUT2D eigenvalue weighted by atomic mass is 9.87. The van der Waals surface area contributed by atoms with Crippen molar-refractivity contribution in [1.82, 2.24) is 14.9 Å². The van der Waals surface area contributed by atoms with Gasteiger partial charge in [0.1, 0.15) is 5.69 Å². The van der Waals surface area contributed by atoms with Crippen LogP contribution in [0.4, 0.5) is 0 Å². The van der Waals surface area contributed by atoms with Crippen LogP contribution in [-0.2, 0) is 0 Å². The van der Waals surface area contributed by atoms with Crippen LogP contribution in [0.25, 0.3) is 0 Å². The summed E-state index contributed by atoms with van der Waals surface area (Å²) in [5, 5.41) is 9.97. The standard InChI is InChI=1S/C17H27N3O2/c1-11(2)9-17(10-21)7-6-8-20(17)16(22)15-14(5)18-12(3)13(4)19-15/h11,21H,6-10H2,1-5H3/t17-/m1/s1. The summed E-state index contributed by atoms with van der Waals surface area (Å²) in [6.07, 6.45) is 2.59. The zero-order valence-electron chi connectivity index (χ0n) is 14.3. The van der Waals surface area contributed by atoms with Gasteiger partial charge in [0.2, 0.25) is 0 Å². The van der Waals surface area contributed by atoms with Crippen LogP contribution in [0.15, 0.2) is 0 Å². The van der Waals surface area contributed by atoms with Gasteiger partial charge >= 0.3 is 0 Å². The number of aliphatic hydroxyl groups excluding tert-OH is 1. The number of nitrogens with zero attached hydrogens (tertiary/aromatic N) is 3. The number of carbonyl (C=O) groups is 1. The Balaban J connectivity index is 2.37. The first-order chi connectivity index (χ1) is 10.3. The van der Waals surface area contributed by atoms with E-state index in [9.17, 15) is 9.90 Å². The zero-order valence-corrected chi connectivity index (χ0v) is 14.3. The number of hydrogen-bond acceptors (Lipinski definition) is 4. The summed E-state index contributed by atoms with van der Waals surface area (Å²) in [6.45, 7) is 10.5. The molecule has 122 valence electrons. The molecular formula is C17H27N3O2. The largest absolute Gasteiger partial charge is 0.394 e. The van der Waals surface area contributed by atoms with Crippen molar-refractivity contribution in [3.8, 4) is 0 Å². The van der Waals surface area contributed by atoms with Gasteiger partial charge in [0, 0.05) is 6.54 Å². The van der Waals surface area contributed by atoms with Crippen molar-refractivity contribution in [2.45, 2.75) is 59.4 Å². The highest BCUT2D eigenvalue weighted by Crippen LogP contribution is 2.36. The second-order valence-electron chi connectivity index (χ2n) is 6.87. The van der Waals surface area contributed by atoms with Crippen LogP contribution in [0.2, 0.25) is 0 Å². The fourth-order valence-electron chi connectivity index (χ4n) is 3.50. The minimum Gasteiger partial charge on any atom is -0.394 e. The number of carbonyl (C=O) groups excluding carboxylic acids is 1. The van der Waals surface area contributed by atoms with Crippen LogP contribution in [0.5, 0.6) is 0 Å². The summed E-state index contributed by atoms with van der Waals surface area (Å²) in [6, 6.07) is 0. The summed E-state index contributed by atoms with van der Waals surface area (Å²) in [4.78, 5) is 23.7. The van der Waals surface area contributed by atoms with Gasteiger partial charge in [-0.25, -0.2) is 4.98 Å². The molecule has 1 N–H and O–H groups in total. The zero-order chi connectivity index (χ0) is 16.5. The Morgan fingerprint density at radius 2 is 1.86 bits per heavy atom. The van der Waals surface area contributed by atoms with Crippen LogP contribution in [-0.4, -0.2) is 44.6 Å². The number of rotatable bonds is 4. The van der Waals surface area contributed by atoms with Crippen LogP contribution in [0.3, 0.4) is 0 Å². The topological polar surface area (TPSA) is 66.3 Å². The summed E-state index contributed by atoms with van der Waals surface area (Å²) in [5.41, 5.74) is 2.28. The molecule has 0 unspecified atom stereocenters. The molecule has 1 aromatic heterocycles. The van der Waals surface area contributed by atoms with Crippen LogP contribution in [0.1, 0.15) is 60.7 Å². The minimum atomic E-state index is -0.446. The van der Waals surface area contributed by atoms with Gasteiger partial charge in [-0.1, -0.05) is 13.8 Å². The Bertz CT molecular complexity index is 571. The third-order valence-electron chi connectivity index (χ3n) is 4.61. The molecule has 1 amide bonds. The van der Waals surface area contributed by atoms with Crippen molar-refractivity contribution in [3.05, 3.63) is 22.8 Å². The van der Waals surface area contributed by atoms with E-state index in [1.165, 1.54) is 0 Å². The van der Waals surface area contributed by atoms with Gasteiger partial charge < -0.3 is 10.0 Å². The van der Waals surface area contributed by atoms with E-state index < -0.39 is 5.54 Å². The second kappa shape index (κ2) is 6.32. The highest BCUT2D eigenvalue weighted by atomic mass is 16.3. The summed E-state index contributed by atoms with van der Waals surface area (Å²) in [7, 11) is 0. The summed E-state index contributed by atoms with van der Waals surface area (Å²) in [5.74, 6) is 0.327. The van der Waals surface area contributed by atoms with E-state index in [0.29, 0.717) is 23.9 Å². The summed E-state index contributed by atoms with van der Waals surface area (Å²) < 4.78 is 0. The molecule has 1 aliphatic rings. The van der Waals surface area contributed by atoms with Gasteiger partial charge in [0.15, 0.2) is 0 Å². The van der Waals surface area contributed by atoms with Crippen LogP contribution in [0, 0.1) is 26.7 Å². The maximum Gasteiger partial charge on any atom is 0.274 e. The van der Waals surface area contributed by atoms with Crippen molar-refractivity contribution in [2.24, 2.45) is 5.92 Å². The SMILES string of the molecule is Cc1nc(C)c(C(=O)N2CCC[C@]2(CO)CC(C)C)nc1C. The molecule has 0 saturated carbocycles. The molecule has 2 rings (SSSR count). The second-order valence-corrected chi connectivity index (χ2v) is 6.87. The molecule has 2 heterocycles. The molecule has 5 nitrogen and oxygen atoms in total. The van der Waals surface area contributed by atoms with Gasteiger partial charge in [-0.2, -0.15) is 0 Å². The fraction of sp³-hybridized carbons (Fsp3) is 0.706. The van der Waals surface area contributed by atoms with E-state index in [2.05, 4.69) is 23.8 Å². The Hall–Kier alpha value is -1.49. The molecule has 1 aliphatic heterocycles. The number of aryl methyl sites for hydroxylation is 3. The van der Waals surface area contributed by atoms with Crippen molar-refractivity contribution in [3.63, 3.8) is 0 Å². The maximum absolute atomic E-state index is 13.0. The number of aromatic nitrogens is 2. The van der Waals surface area contributed by atoms with Crippen molar-refractivity contribution < 1.29 is 9.90 Å². The Morgan fingerprint density at radius 1 is 1.23 bits per heavy atom. The average molecular weight is 305 g/mol. The molecule has 1 aromatic rings. The van der Waals surface area contributed by atoms with Gasteiger partial charge in [-0.15, -0.1) is 0 Å². The predicted octanol–water partition coefficient (Wildman–Crippen LogP) is 2.42. The Kier molecular flexibility index (Phi) is 4.85. The van der Waals surface area contributed by atoms with E-state index in [4.69, 9.17) is 0 Å². The van der Waals surface area contributed by atoms with E-state index in [1.54, 1.807) is 0 Å². The molecule has 1 saturated heterocycles. The van der Waals surface area contributed by atoms with Gasteiger partial charge in [0.25, 0.3) is 5.91 Å². The first-order valence-electron chi connectivity index (χ1n) is 8.05. The van der Waals surface area contributed by atoms with Crippen molar-refractivity contribution in [2.75, 3.05) is 13.2 Å². The first kappa shape index (κ1) is 16.9. The maximum atomic E-state index is 13.0. The van der Waals surface area contributed by atoms with Gasteiger partial charge in [-0.3, -0.25) is 9.78 Å². The summed E-state index contributed by atoms with van der Waals surface area (Å²) >= 11 is 0. The van der Waals surface area contributed by atoms with Crippen molar-refractivity contribution >= 4 is 5.91 Å². The highest BCUT2D eigenvalue weighted by Gasteiger charge is 2.44. The lowest BCUT2D eigenvalue weighted by Crippen LogP contribution is -2.51. The first-order valence-corrected chi connectivity index (χ1v) is 8.05. The Morgan fingerprint density at radius 3 is 2.45 bits per heavy atom. The molecule has 0 aromatic carbocycles. The van der Waals surface area contributed by atoms with E-state index in [-0.39, 0.29) is 12.5 Å². The monoisotopic (exact) mass is 305 g/mol. The molecule has 0 bridgehead atoms. The fourth-order valence-corrected chi connectivity index (χ4v) is 3.50. The number of aliphatic hydroxyl groups is 1. The van der Waals surface area contributed by atoms with Crippen LogP contribution < -0.4 is 0 Å². The Labute approximate surface area is 132 Å². The molecule has 1 fully saturated rings. The normalized spacial score (nSPS) is 21.7. The smallest absolute Gasteiger partial charge is 0.274 e. The van der Waals surface area contributed by atoms with Gasteiger partial charge in [-0.05, 0) is 46.0 Å². The lowest BCUT2D eigenvalue weighted by Gasteiger charge is -2.38. The molecule has 0 spiro atoms. The van der Waals surface area contributed by atoms with E-state index >= 15 is 0 Å². The number of hydrogen-bond donors (Lipinski definition) is 1. The van der Waals surface area contributed by atoms with Crippen molar-refractivity contribution in [1.29, 1.82) is 0 Å². The molecule has 1 atom stereocenters. The lowest BCUT2D eigenvalue weighted by molar-refractivity contribution is 0.0326. The van der Waals surface area contributed by atoms with E-state index in [1.807, 2.05) is 25.7 Å². The van der Waals surface area contributed by atoms with E-state index in [0.717, 1.165) is 30.7 Å². The van der Waals surface area contributed by atoms with Crippen LogP contribution >= 0.6 is 0 Å². The number of likely N-dealkylation sites (tertiary alicyclic amines) is 1. The molecule has 0 radical (unpaired) electrons. The predicted molar refractivity (Wildman–Crippen MR) is 85.8 cm³/mol. The minimum absolute atomic E-state index is 0.00817. The highest BCUT2D eigenvalue weighted by molar-refractivity contribution is 5.94. The third kappa shape index (κ3) is 3.00. The molecule has 0 aliphatic carbocycles. The molecule has 5 heteroatoms. The molecular weight excluding hydrogens is 278 g/mol. The number of amides is 1. The average Bonchev–Trinajstić information content (AvgIpc) is 2.85. The third-order valence-corrected chi connectivity index (χ3v) is 4.61.